The van der Waals surface area contributed by atoms with Crippen molar-refractivity contribution in [3.05, 3.63) is 271 Å². The van der Waals surface area contributed by atoms with Gasteiger partial charge < -0.3 is 14.0 Å². The van der Waals surface area contributed by atoms with E-state index in [1.807, 2.05) is 0 Å². The Morgan fingerprint density at radius 3 is 1.52 bits per heavy atom. The second kappa shape index (κ2) is 15.9. The van der Waals surface area contributed by atoms with Crippen LogP contribution in [0, 0.1) is 0 Å². The van der Waals surface area contributed by atoms with Gasteiger partial charge in [-0.2, -0.15) is 0 Å². The Morgan fingerprint density at radius 1 is 0.342 bits per heavy atom. The molecule has 3 heteroatoms. The molecule has 2 aromatic heterocycles. The highest BCUT2D eigenvalue weighted by molar-refractivity contribution is 6.13. The smallest absolute Gasteiger partial charge is 0.0543 e. The molecule has 0 spiro atoms. The molecule has 0 saturated heterocycles. The summed E-state index contributed by atoms with van der Waals surface area (Å²) in [6.45, 7) is 4.71. The molecule has 2 heterocycles. The number of anilines is 3. The van der Waals surface area contributed by atoms with Crippen LogP contribution in [-0.2, 0) is 11.8 Å². The zero-order valence-electron chi connectivity index (χ0n) is 40.7. The van der Waals surface area contributed by atoms with Gasteiger partial charge in [0.25, 0.3) is 0 Å². The van der Waals surface area contributed by atoms with Crippen molar-refractivity contribution >= 4 is 60.7 Å². The number of rotatable bonds is 7. The average Bonchev–Trinajstić information content (AvgIpc) is 4.16. The lowest BCUT2D eigenvalue weighted by molar-refractivity contribution is 0.660. The number of hydrogen-bond donors (Lipinski definition) is 0. The van der Waals surface area contributed by atoms with Crippen molar-refractivity contribution < 1.29 is 0 Å². The fraction of sp³-hybridized carbons (Fsp3) is 0.0571. The Balaban J connectivity index is 0.872. The van der Waals surface area contributed by atoms with Gasteiger partial charge in [0, 0.05) is 55.3 Å². The SMILES string of the molecule is CC1(C)c2ccccc2-c2cc(N(c3ccccc3)c3cccc4c3-c3cc(-c5ccc6c(c5)c5cc(-c7ccc8c(c7)c7ccccc7n8-c7ccccc7)ccc5n6-c5ccccc5)ccc3C4)ccc21. The summed E-state index contributed by atoms with van der Waals surface area (Å²) < 4.78 is 4.81. The van der Waals surface area contributed by atoms with Gasteiger partial charge in [0.15, 0.2) is 0 Å². The van der Waals surface area contributed by atoms with Crippen molar-refractivity contribution in [1.82, 2.24) is 9.13 Å². The van der Waals surface area contributed by atoms with Gasteiger partial charge in [-0.15, -0.1) is 0 Å². The zero-order valence-corrected chi connectivity index (χ0v) is 40.7. The highest BCUT2D eigenvalue weighted by Crippen LogP contribution is 2.53. The van der Waals surface area contributed by atoms with E-state index in [0.717, 1.165) is 23.5 Å². The first-order valence-electron chi connectivity index (χ1n) is 25.5. The van der Waals surface area contributed by atoms with Crippen LogP contribution in [0.4, 0.5) is 17.1 Å². The summed E-state index contributed by atoms with van der Waals surface area (Å²) in [6.07, 6.45) is 0.901. The van der Waals surface area contributed by atoms with Gasteiger partial charge in [0.1, 0.15) is 0 Å². The van der Waals surface area contributed by atoms with Crippen LogP contribution in [0.25, 0.3) is 99.5 Å². The normalized spacial score (nSPS) is 13.1. The third-order valence-corrected chi connectivity index (χ3v) is 16.1. The van der Waals surface area contributed by atoms with Crippen molar-refractivity contribution in [2.24, 2.45) is 0 Å². The maximum absolute atomic E-state index is 2.48. The molecule has 0 bridgehead atoms. The van der Waals surface area contributed by atoms with E-state index in [1.54, 1.807) is 0 Å². The van der Waals surface area contributed by atoms with Crippen LogP contribution in [0.15, 0.2) is 249 Å². The molecule has 73 heavy (non-hydrogen) atoms. The van der Waals surface area contributed by atoms with E-state index in [0.29, 0.717) is 0 Å². The Kier molecular flexibility index (Phi) is 9.07. The number of benzene rings is 11. The van der Waals surface area contributed by atoms with E-state index in [-0.39, 0.29) is 5.41 Å². The minimum absolute atomic E-state index is 0.0610. The molecule has 13 aromatic rings. The van der Waals surface area contributed by atoms with Crippen molar-refractivity contribution in [2.45, 2.75) is 25.7 Å². The summed E-state index contributed by atoms with van der Waals surface area (Å²) in [4.78, 5) is 2.48. The summed E-state index contributed by atoms with van der Waals surface area (Å²) in [7, 11) is 0. The minimum atomic E-state index is -0.0610. The van der Waals surface area contributed by atoms with E-state index in [1.165, 1.54) is 122 Å². The van der Waals surface area contributed by atoms with Gasteiger partial charge >= 0.3 is 0 Å². The van der Waals surface area contributed by atoms with Gasteiger partial charge in [-0.05, 0) is 171 Å². The van der Waals surface area contributed by atoms with Crippen molar-refractivity contribution in [2.75, 3.05) is 4.90 Å². The fourth-order valence-corrected chi connectivity index (χ4v) is 12.7. The first kappa shape index (κ1) is 41.6. The topological polar surface area (TPSA) is 13.1 Å². The summed E-state index contributed by atoms with van der Waals surface area (Å²) in [5.41, 5.74) is 26.1. The zero-order chi connectivity index (χ0) is 48.4. The Bertz CT molecular complexity index is 4360. The molecule has 15 rings (SSSR count). The molecule has 2 aliphatic rings. The maximum Gasteiger partial charge on any atom is 0.0543 e. The number of para-hydroxylation sites is 4. The number of aromatic nitrogens is 2. The highest BCUT2D eigenvalue weighted by Gasteiger charge is 2.36. The summed E-state index contributed by atoms with van der Waals surface area (Å²) in [5.74, 6) is 0. The molecule has 344 valence electrons. The molecule has 0 aliphatic heterocycles. The fourth-order valence-electron chi connectivity index (χ4n) is 12.7. The molecule has 0 N–H and O–H groups in total. The number of nitrogens with zero attached hydrogens (tertiary/aromatic N) is 3. The molecule has 0 fully saturated rings. The van der Waals surface area contributed by atoms with Crippen LogP contribution in [-0.4, -0.2) is 9.13 Å². The van der Waals surface area contributed by atoms with E-state index in [4.69, 9.17) is 0 Å². The standard InChI is InChI=1S/C70H49N3/c1-70(2)62-26-14-12-24-55(62)58-44-54(34-35-63(58)70)71(51-18-6-3-7-19-51)68-28-16-17-50-39-49-30-29-45(40-57(49)69(50)68)47-32-37-66-60(42-47)61-43-48(33-38-67(61)73(66)53-22-10-5-11-23-53)46-31-36-65-59(41-46)56-25-13-15-27-64(56)72(65)52-20-8-4-9-21-52/h3-38,40-44H,39H2,1-2H3. The summed E-state index contributed by atoms with van der Waals surface area (Å²) >= 11 is 0. The Morgan fingerprint density at radius 2 is 0.863 bits per heavy atom. The van der Waals surface area contributed by atoms with Gasteiger partial charge in [-0.25, -0.2) is 0 Å². The van der Waals surface area contributed by atoms with Crippen LogP contribution in [0.2, 0.25) is 0 Å². The molecule has 11 aromatic carbocycles. The first-order valence-corrected chi connectivity index (χ1v) is 25.5. The molecule has 0 radical (unpaired) electrons. The molecular weight excluding hydrogens is 883 g/mol. The monoisotopic (exact) mass is 931 g/mol. The molecule has 3 nitrogen and oxygen atoms in total. The number of fused-ring (bicyclic) bond motifs is 12. The lowest BCUT2D eigenvalue weighted by Crippen LogP contribution is -2.15. The van der Waals surface area contributed by atoms with Crippen LogP contribution in [0.1, 0.15) is 36.1 Å². The van der Waals surface area contributed by atoms with Crippen LogP contribution < -0.4 is 4.90 Å². The molecular formula is C70H49N3. The summed E-state index contributed by atoms with van der Waals surface area (Å²) in [5, 5.41) is 4.97. The van der Waals surface area contributed by atoms with E-state index in [2.05, 4.69) is 277 Å². The lowest BCUT2D eigenvalue weighted by Gasteiger charge is -2.29. The predicted octanol–water partition coefficient (Wildman–Crippen LogP) is 18.6. The summed E-state index contributed by atoms with van der Waals surface area (Å²) in [6, 6.07) is 92.4. The van der Waals surface area contributed by atoms with Gasteiger partial charge in [-0.3, -0.25) is 0 Å². The van der Waals surface area contributed by atoms with Gasteiger partial charge in [0.2, 0.25) is 0 Å². The van der Waals surface area contributed by atoms with Crippen molar-refractivity contribution in [3.63, 3.8) is 0 Å². The van der Waals surface area contributed by atoms with E-state index >= 15 is 0 Å². The predicted molar refractivity (Wildman–Crippen MR) is 306 cm³/mol. The van der Waals surface area contributed by atoms with Crippen molar-refractivity contribution in [1.29, 1.82) is 0 Å². The first-order chi connectivity index (χ1) is 36.0. The van der Waals surface area contributed by atoms with Gasteiger partial charge in [0.05, 0.1) is 27.8 Å². The maximum atomic E-state index is 2.48. The van der Waals surface area contributed by atoms with Crippen LogP contribution in [0.3, 0.4) is 0 Å². The molecule has 0 saturated carbocycles. The molecule has 0 atom stereocenters. The lowest BCUT2D eigenvalue weighted by atomic mass is 9.82. The number of hydrogen-bond acceptors (Lipinski definition) is 1. The van der Waals surface area contributed by atoms with Gasteiger partial charge in [-0.1, -0.05) is 159 Å². The second-order valence-corrected chi connectivity index (χ2v) is 20.5. The molecule has 0 amide bonds. The Hall–Kier alpha value is -9.18. The largest absolute Gasteiger partial charge is 0.310 e. The van der Waals surface area contributed by atoms with Crippen LogP contribution in [0.5, 0.6) is 0 Å². The third kappa shape index (κ3) is 6.32. The van der Waals surface area contributed by atoms with E-state index < -0.39 is 0 Å². The van der Waals surface area contributed by atoms with Crippen molar-refractivity contribution in [3.8, 4) is 55.9 Å². The minimum Gasteiger partial charge on any atom is -0.310 e. The van der Waals surface area contributed by atoms with Crippen LogP contribution >= 0.6 is 0 Å². The Labute approximate surface area is 425 Å². The molecule has 2 aliphatic carbocycles. The molecule has 0 unspecified atom stereocenters. The average molecular weight is 932 g/mol. The second-order valence-electron chi connectivity index (χ2n) is 20.5. The third-order valence-electron chi connectivity index (χ3n) is 16.1. The van der Waals surface area contributed by atoms with E-state index in [9.17, 15) is 0 Å². The highest BCUT2D eigenvalue weighted by atomic mass is 15.1. The quantitative estimate of drug-likeness (QED) is 0.155.